The number of nitrogens with zero attached hydrogens (tertiary/aromatic N) is 3. The number of anilines is 5. The number of rotatable bonds is 5. The van der Waals surface area contributed by atoms with E-state index in [0.717, 1.165) is 46.3 Å². The van der Waals surface area contributed by atoms with Gasteiger partial charge in [0, 0.05) is 74.7 Å². The van der Waals surface area contributed by atoms with E-state index in [1.54, 1.807) is 24.8 Å². The highest BCUT2D eigenvalue weighted by Gasteiger charge is 2.11. The van der Waals surface area contributed by atoms with E-state index in [-0.39, 0.29) is 7.43 Å². The fraction of sp³-hybridized carbons (Fsp3) is 0.0286. The second-order valence-electron chi connectivity index (χ2n) is 8.80. The van der Waals surface area contributed by atoms with Crippen molar-refractivity contribution in [3.05, 3.63) is 168 Å². The predicted octanol–water partition coefficient (Wildman–Crippen LogP) is 13.4. The number of pyridine rings is 2. The number of nitrogens with one attached hydrogen (secondary N) is 1. The molecule has 44 heavy (non-hydrogen) atoms. The second kappa shape index (κ2) is 19.1. The van der Waals surface area contributed by atoms with Crippen LogP contribution in [0.4, 0.5) is 28.4 Å². The molecule has 0 radical (unpaired) electrons. The van der Waals surface area contributed by atoms with Gasteiger partial charge in [0.25, 0.3) is 0 Å². The van der Waals surface area contributed by atoms with Crippen LogP contribution in [0, 0.1) is 3.57 Å². The van der Waals surface area contributed by atoms with Crippen LogP contribution in [-0.2, 0) is 0 Å². The topological polar surface area (TPSA) is 41.1 Å². The van der Waals surface area contributed by atoms with Crippen LogP contribution in [0.1, 0.15) is 7.43 Å². The third-order valence-corrected chi connectivity index (χ3v) is 8.54. The second-order valence-corrected chi connectivity index (χ2v) is 13.7. The van der Waals surface area contributed by atoms with Gasteiger partial charge in [-0.2, -0.15) is 0 Å². The molecule has 0 atom stereocenters. The van der Waals surface area contributed by atoms with Crippen LogP contribution in [0.2, 0.25) is 0 Å². The Morgan fingerprint density at radius 3 is 1.05 bits per heavy atom. The quantitative estimate of drug-likeness (QED) is 0.175. The Kier molecular flexibility index (Phi) is 15.6. The van der Waals surface area contributed by atoms with Crippen molar-refractivity contribution < 1.29 is 0 Å². The molecule has 0 spiro atoms. The molecular formula is C35H29Br4IN4. The lowest BCUT2D eigenvalue weighted by Crippen LogP contribution is -2.09. The Morgan fingerprint density at radius 2 is 0.727 bits per heavy atom. The third kappa shape index (κ3) is 12.1. The molecule has 0 aliphatic rings. The van der Waals surface area contributed by atoms with Gasteiger partial charge in [0.2, 0.25) is 0 Å². The summed E-state index contributed by atoms with van der Waals surface area (Å²) in [5.74, 6) is 0. The number of aromatic nitrogens is 2. The van der Waals surface area contributed by atoms with Crippen LogP contribution in [0.3, 0.4) is 0 Å². The minimum Gasteiger partial charge on any atom is -0.356 e. The van der Waals surface area contributed by atoms with Crippen molar-refractivity contribution in [1.29, 1.82) is 0 Å². The largest absolute Gasteiger partial charge is 0.356 e. The average Bonchev–Trinajstić information content (AvgIpc) is 3.03. The summed E-state index contributed by atoms with van der Waals surface area (Å²) in [6.07, 6.45) is 7.17. The Morgan fingerprint density at radius 1 is 0.432 bits per heavy atom. The van der Waals surface area contributed by atoms with E-state index in [0.29, 0.717) is 0 Å². The van der Waals surface area contributed by atoms with Crippen molar-refractivity contribution in [2.24, 2.45) is 0 Å². The Hall–Kier alpha value is -2.57. The van der Waals surface area contributed by atoms with Crippen molar-refractivity contribution in [1.82, 2.24) is 9.97 Å². The maximum absolute atomic E-state index is 4.10. The summed E-state index contributed by atoms with van der Waals surface area (Å²) in [5, 5.41) is 3.32. The molecule has 4 aromatic carbocycles. The molecule has 2 aromatic heterocycles. The molecule has 0 saturated heterocycles. The minimum absolute atomic E-state index is 0. The predicted molar refractivity (Wildman–Crippen MR) is 210 cm³/mol. The Balaban J connectivity index is 0.000000200. The molecule has 6 aromatic rings. The SMILES string of the molecule is Brc1ccc(N(c2ccncc2)c2ccc(Br)cc2)cc1.Brc1ccc(Nc2ccc(Br)cc2)cc1.C.Ic1ccncc1. The first-order chi connectivity index (χ1) is 20.9. The number of benzene rings is 4. The Bertz CT molecular complexity index is 1570. The molecule has 4 nitrogen and oxygen atoms in total. The van der Waals surface area contributed by atoms with Gasteiger partial charge in [0.15, 0.2) is 0 Å². The van der Waals surface area contributed by atoms with Crippen molar-refractivity contribution in [3.63, 3.8) is 0 Å². The van der Waals surface area contributed by atoms with Crippen LogP contribution < -0.4 is 10.2 Å². The Labute approximate surface area is 307 Å². The highest BCUT2D eigenvalue weighted by atomic mass is 127. The average molecular weight is 952 g/mol. The van der Waals surface area contributed by atoms with Crippen LogP contribution in [0.25, 0.3) is 0 Å². The standard InChI is InChI=1S/C17H12Br2N2.C12H9Br2N.C5H4IN.CH4/c18-13-1-5-15(6-2-13)21(17-9-11-20-12-10-17)16-7-3-14(19)4-8-16;13-9-1-5-11(6-2-9)15-12-7-3-10(14)4-8-12;6-5-1-3-7-4-2-5;/h1-12H;1-8,15H;1-4H;1H4. The first-order valence-electron chi connectivity index (χ1n) is 12.9. The lowest BCUT2D eigenvalue weighted by Gasteiger charge is -2.25. The lowest BCUT2D eigenvalue weighted by molar-refractivity contribution is 1.24. The van der Waals surface area contributed by atoms with Gasteiger partial charge < -0.3 is 10.2 Å². The molecule has 224 valence electrons. The van der Waals surface area contributed by atoms with Gasteiger partial charge in [-0.15, -0.1) is 0 Å². The molecule has 9 heteroatoms. The van der Waals surface area contributed by atoms with E-state index < -0.39 is 0 Å². The molecule has 0 bridgehead atoms. The van der Waals surface area contributed by atoms with Crippen molar-refractivity contribution in [3.8, 4) is 0 Å². The normalized spacial score (nSPS) is 9.75. The maximum atomic E-state index is 4.10. The molecule has 1 N–H and O–H groups in total. The summed E-state index contributed by atoms with van der Waals surface area (Å²) in [5.41, 5.74) is 5.45. The zero-order valence-corrected chi connectivity index (χ0v) is 31.1. The van der Waals surface area contributed by atoms with E-state index in [1.807, 2.05) is 97.1 Å². The van der Waals surface area contributed by atoms with Crippen LogP contribution in [0.5, 0.6) is 0 Å². The van der Waals surface area contributed by atoms with Crippen molar-refractivity contribution in [2.75, 3.05) is 10.2 Å². The van der Waals surface area contributed by atoms with E-state index >= 15 is 0 Å². The van der Waals surface area contributed by atoms with Gasteiger partial charge in [-0.25, -0.2) is 0 Å². The molecule has 0 amide bonds. The fourth-order valence-corrected chi connectivity index (χ4v) is 5.07. The van der Waals surface area contributed by atoms with Gasteiger partial charge in [-0.3, -0.25) is 9.97 Å². The van der Waals surface area contributed by atoms with E-state index in [1.165, 1.54) is 3.57 Å². The molecule has 0 fully saturated rings. The zero-order valence-electron chi connectivity index (χ0n) is 22.6. The monoisotopic (exact) mass is 948 g/mol. The van der Waals surface area contributed by atoms with Crippen LogP contribution >= 0.6 is 86.3 Å². The van der Waals surface area contributed by atoms with E-state index in [2.05, 4.69) is 131 Å². The number of halogens is 5. The maximum Gasteiger partial charge on any atom is 0.0492 e. The zero-order chi connectivity index (χ0) is 30.4. The van der Waals surface area contributed by atoms with Gasteiger partial charge in [0.1, 0.15) is 0 Å². The van der Waals surface area contributed by atoms with Crippen LogP contribution in [0.15, 0.2) is 164 Å². The highest BCUT2D eigenvalue weighted by molar-refractivity contribution is 14.1. The molecule has 0 aliphatic carbocycles. The fourth-order valence-electron chi connectivity index (χ4n) is 3.69. The van der Waals surface area contributed by atoms with Crippen molar-refractivity contribution in [2.45, 2.75) is 7.43 Å². The summed E-state index contributed by atoms with van der Waals surface area (Å²) < 4.78 is 5.54. The first kappa shape index (κ1) is 35.9. The lowest BCUT2D eigenvalue weighted by atomic mass is 10.2. The summed E-state index contributed by atoms with van der Waals surface area (Å²) in [7, 11) is 0. The highest BCUT2D eigenvalue weighted by Crippen LogP contribution is 2.35. The molecule has 2 heterocycles. The van der Waals surface area contributed by atoms with Gasteiger partial charge in [-0.05, 0) is 144 Å². The van der Waals surface area contributed by atoms with Crippen molar-refractivity contribution >= 4 is 115 Å². The number of hydrogen-bond donors (Lipinski definition) is 1. The molecule has 0 unspecified atom stereocenters. The molecular weight excluding hydrogens is 923 g/mol. The summed E-state index contributed by atoms with van der Waals surface area (Å²) in [6.45, 7) is 0. The van der Waals surface area contributed by atoms with Gasteiger partial charge in [-0.1, -0.05) is 71.1 Å². The molecule has 0 saturated carbocycles. The van der Waals surface area contributed by atoms with Gasteiger partial charge >= 0.3 is 0 Å². The molecule has 0 aliphatic heterocycles. The summed E-state index contributed by atoms with van der Waals surface area (Å²) >= 11 is 16.0. The summed E-state index contributed by atoms with van der Waals surface area (Å²) in [4.78, 5) is 10.1. The molecule has 6 rings (SSSR count). The van der Waals surface area contributed by atoms with E-state index in [9.17, 15) is 0 Å². The van der Waals surface area contributed by atoms with E-state index in [4.69, 9.17) is 0 Å². The summed E-state index contributed by atoms with van der Waals surface area (Å²) in [6, 6.07) is 40.7. The van der Waals surface area contributed by atoms with Crippen LogP contribution in [-0.4, -0.2) is 9.97 Å². The van der Waals surface area contributed by atoms with Gasteiger partial charge in [0.05, 0.1) is 0 Å². The number of hydrogen-bond acceptors (Lipinski definition) is 4. The third-order valence-electron chi connectivity index (χ3n) is 5.71. The smallest absolute Gasteiger partial charge is 0.0492 e. The first-order valence-corrected chi connectivity index (χ1v) is 17.2. The minimum atomic E-state index is 0.